The Balaban J connectivity index is 2.17. The summed E-state index contributed by atoms with van der Waals surface area (Å²) in [5, 5.41) is 7.62. The minimum Gasteiger partial charge on any atom is -0.339 e. The highest BCUT2D eigenvalue weighted by atomic mass is 35.5. The van der Waals surface area contributed by atoms with E-state index in [1.807, 2.05) is 18.2 Å². The van der Waals surface area contributed by atoms with Crippen molar-refractivity contribution in [3.63, 3.8) is 0 Å². The van der Waals surface area contributed by atoms with Crippen LogP contribution in [0, 0.1) is 0 Å². The summed E-state index contributed by atoms with van der Waals surface area (Å²) in [6.07, 6.45) is 1.60. The second-order valence-electron chi connectivity index (χ2n) is 2.96. The molecular weight excluding hydrogens is 270 g/mol. The predicted molar refractivity (Wildman–Crippen MR) is 67.3 cm³/mol. The van der Waals surface area contributed by atoms with Crippen LogP contribution in [-0.4, -0.2) is 9.81 Å². The molecular formula is C9H7Cl3N4. The monoisotopic (exact) mass is 276 g/mol. The third-order valence-corrected chi connectivity index (χ3v) is 2.48. The third-order valence-electron chi connectivity index (χ3n) is 1.80. The molecule has 1 aliphatic heterocycles. The van der Waals surface area contributed by atoms with Gasteiger partial charge in [-0.1, -0.05) is 35.3 Å². The maximum atomic E-state index is 5.99. The van der Waals surface area contributed by atoms with Crippen LogP contribution in [0.3, 0.4) is 0 Å². The Morgan fingerprint density at radius 3 is 2.69 bits per heavy atom. The summed E-state index contributed by atoms with van der Waals surface area (Å²) in [5.41, 5.74) is 3.49. The summed E-state index contributed by atoms with van der Waals surface area (Å²) in [5.74, 6) is 0.586. The van der Waals surface area contributed by atoms with Crippen LogP contribution in [0.5, 0.6) is 0 Å². The maximum absolute atomic E-state index is 5.99. The van der Waals surface area contributed by atoms with Crippen LogP contribution in [0.15, 0.2) is 41.3 Å². The fourth-order valence-corrected chi connectivity index (χ4v) is 1.74. The zero-order valence-electron chi connectivity index (χ0n) is 7.92. The lowest BCUT2D eigenvalue weighted by Crippen LogP contribution is -2.32. The van der Waals surface area contributed by atoms with Gasteiger partial charge in [0, 0.05) is 6.08 Å². The van der Waals surface area contributed by atoms with Gasteiger partial charge in [-0.2, -0.15) is 0 Å². The lowest BCUT2D eigenvalue weighted by molar-refractivity contribution is 0.396. The number of hydrogen-bond acceptors (Lipinski definition) is 4. The number of allylic oxidation sites excluding steroid dienone is 1. The molecule has 2 N–H and O–H groups in total. The summed E-state index contributed by atoms with van der Waals surface area (Å²) < 4.78 is 0.988. The number of para-hydroxylation sites is 1. The molecule has 1 aromatic carbocycles. The molecule has 0 bridgehead atoms. The van der Waals surface area contributed by atoms with Crippen molar-refractivity contribution in [2.24, 2.45) is 5.10 Å². The lowest BCUT2D eigenvalue weighted by Gasteiger charge is -2.20. The molecule has 1 aliphatic rings. The highest BCUT2D eigenvalue weighted by Gasteiger charge is 2.10. The molecule has 0 fully saturated rings. The first-order valence-electron chi connectivity index (χ1n) is 4.35. The van der Waals surface area contributed by atoms with Crippen molar-refractivity contribution in [2.45, 2.75) is 0 Å². The Bertz CT molecular complexity index is 458. The van der Waals surface area contributed by atoms with Gasteiger partial charge in [-0.15, -0.1) is 9.74 Å². The average Bonchev–Trinajstić information content (AvgIpc) is 2.20. The van der Waals surface area contributed by atoms with E-state index in [1.54, 1.807) is 12.1 Å². The molecule has 0 radical (unpaired) electrons. The smallest absolute Gasteiger partial charge is 0.156 e. The van der Waals surface area contributed by atoms with Crippen LogP contribution in [-0.2, 0) is 0 Å². The Labute approximate surface area is 108 Å². The molecule has 0 aromatic heterocycles. The number of anilines is 1. The van der Waals surface area contributed by atoms with Crippen molar-refractivity contribution in [2.75, 3.05) is 5.32 Å². The number of rotatable bonds is 2. The summed E-state index contributed by atoms with van der Waals surface area (Å²) >= 11 is 17.4. The molecule has 1 aromatic rings. The van der Waals surface area contributed by atoms with Gasteiger partial charge in [-0.25, -0.2) is 0 Å². The Morgan fingerprint density at radius 1 is 1.25 bits per heavy atom. The van der Waals surface area contributed by atoms with Gasteiger partial charge in [0.1, 0.15) is 5.82 Å². The molecule has 0 amide bonds. The summed E-state index contributed by atoms with van der Waals surface area (Å²) in [7, 11) is 0. The minimum atomic E-state index is 0.267. The summed E-state index contributed by atoms with van der Waals surface area (Å²) in [6.45, 7) is 0. The van der Waals surface area contributed by atoms with Crippen molar-refractivity contribution >= 4 is 45.8 Å². The van der Waals surface area contributed by atoms with Crippen molar-refractivity contribution in [1.82, 2.24) is 10.1 Å². The second-order valence-corrected chi connectivity index (χ2v) is 4.07. The van der Waals surface area contributed by atoms with E-state index in [2.05, 4.69) is 15.8 Å². The molecule has 4 nitrogen and oxygen atoms in total. The van der Waals surface area contributed by atoms with Gasteiger partial charge in [-0.3, -0.25) is 5.43 Å². The van der Waals surface area contributed by atoms with Gasteiger partial charge in [0.25, 0.3) is 0 Å². The van der Waals surface area contributed by atoms with E-state index in [0.717, 1.165) is 10.3 Å². The lowest BCUT2D eigenvalue weighted by atomic mass is 10.3. The molecule has 2 rings (SSSR count). The van der Waals surface area contributed by atoms with E-state index in [0.29, 0.717) is 10.8 Å². The topological polar surface area (TPSA) is 39.7 Å². The van der Waals surface area contributed by atoms with E-state index in [-0.39, 0.29) is 5.17 Å². The number of benzene rings is 1. The summed E-state index contributed by atoms with van der Waals surface area (Å²) in [4.78, 5) is 0. The zero-order chi connectivity index (χ0) is 11.5. The van der Waals surface area contributed by atoms with E-state index in [9.17, 15) is 0 Å². The first kappa shape index (κ1) is 11.4. The normalized spacial score (nSPS) is 15.1. The van der Waals surface area contributed by atoms with Gasteiger partial charge in [0.05, 0.1) is 22.5 Å². The molecule has 0 aliphatic carbocycles. The predicted octanol–water partition coefficient (Wildman–Crippen LogP) is 3.12. The number of hydrogen-bond donors (Lipinski definition) is 2. The zero-order valence-corrected chi connectivity index (χ0v) is 10.2. The first-order chi connectivity index (χ1) is 7.65. The highest BCUT2D eigenvalue weighted by Crippen LogP contribution is 2.22. The van der Waals surface area contributed by atoms with Gasteiger partial charge < -0.3 is 5.32 Å². The number of nitrogens with one attached hydrogen (secondary N) is 2. The fraction of sp³-hybridized carbons (Fsp3) is 0. The quantitative estimate of drug-likeness (QED) is 0.816. The maximum Gasteiger partial charge on any atom is 0.156 e. The van der Waals surface area contributed by atoms with Crippen molar-refractivity contribution in [3.05, 3.63) is 41.2 Å². The van der Waals surface area contributed by atoms with Gasteiger partial charge in [-0.05, 0) is 12.1 Å². The van der Waals surface area contributed by atoms with Crippen LogP contribution in [0.25, 0.3) is 0 Å². The molecule has 0 saturated heterocycles. The van der Waals surface area contributed by atoms with Crippen LogP contribution in [0.2, 0.25) is 5.02 Å². The van der Waals surface area contributed by atoms with Crippen LogP contribution in [0.1, 0.15) is 0 Å². The molecule has 0 atom stereocenters. The molecule has 1 heterocycles. The SMILES string of the molecule is ClC1=NN(Cl)NC(Nc2ccccc2Cl)=C1. The van der Waals surface area contributed by atoms with E-state index < -0.39 is 0 Å². The standard InChI is InChI=1S/C9H7Cl3N4/c10-6-3-1-2-4-7(6)13-9-5-8(11)14-16(12)15-9/h1-5,13,15H. The Kier molecular flexibility index (Phi) is 3.43. The Hall–Kier alpha value is -1.10. The Morgan fingerprint density at radius 2 is 2.00 bits per heavy atom. The van der Waals surface area contributed by atoms with Gasteiger partial charge in [0.15, 0.2) is 5.17 Å². The van der Waals surface area contributed by atoms with Crippen molar-refractivity contribution in [3.8, 4) is 0 Å². The highest BCUT2D eigenvalue weighted by molar-refractivity contribution is 6.68. The van der Waals surface area contributed by atoms with E-state index in [4.69, 9.17) is 35.0 Å². The number of nitrogens with zero attached hydrogens (tertiary/aromatic N) is 2. The largest absolute Gasteiger partial charge is 0.339 e. The number of hydrazone groups is 1. The number of halogens is 3. The molecule has 0 spiro atoms. The van der Waals surface area contributed by atoms with Crippen LogP contribution >= 0.6 is 35.0 Å². The first-order valence-corrected chi connectivity index (χ1v) is 5.44. The van der Waals surface area contributed by atoms with Gasteiger partial charge in [0.2, 0.25) is 0 Å². The molecule has 0 saturated carbocycles. The van der Waals surface area contributed by atoms with Crippen molar-refractivity contribution in [1.29, 1.82) is 0 Å². The minimum absolute atomic E-state index is 0.267. The summed E-state index contributed by atoms with van der Waals surface area (Å²) in [6, 6.07) is 7.33. The van der Waals surface area contributed by atoms with Crippen LogP contribution in [0.4, 0.5) is 5.69 Å². The molecule has 0 unspecified atom stereocenters. The van der Waals surface area contributed by atoms with E-state index >= 15 is 0 Å². The molecule has 16 heavy (non-hydrogen) atoms. The molecule has 7 heteroatoms. The van der Waals surface area contributed by atoms with Gasteiger partial charge >= 0.3 is 0 Å². The second kappa shape index (κ2) is 4.82. The fourth-order valence-electron chi connectivity index (χ4n) is 1.16. The van der Waals surface area contributed by atoms with Crippen LogP contribution < -0.4 is 10.7 Å². The van der Waals surface area contributed by atoms with E-state index in [1.165, 1.54) is 0 Å². The van der Waals surface area contributed by atoms with Crippen molar-refractivity contribution < 1.29 is 0 Å². The molecule has 84 valence electrons. The average molecular weight is 278 g/mol. The third kappa shape index (κ3) is 2.72. The number of hydrazine groups is 1.